The Morgan fingerprint density at radius 3 is 1.36 bits per heavy atom. The molecule has 15 heteroatoms. The third kappa shape index (κ3) is 8.45. The Hall–Kier alpha value is -0.772. The van der Waals surface area contributed by atoms with Gasteiger partial charge in [-0.2, -0.15) is 0 Å². The molecule has 0 spiro atoms. The zero-order chi connectivity index (χ0) is 32.8. The summed E-state index contributed by atoms with van der Waals surface area (Å²) in [6.45, 7) is 4.18. The summed E-state index contributed by atoms with van der Waals surface area (Å²) in [4.78, 5) is 0. The third-order valence-corrected chi connectivity index (χ3v) is 8.18. The van der Waals surface area contributed by atoms with Crippen LogP contribution in [-0.2, 0) is 65.9 Å². The van der Waals surface area contributed by atoms with E-state index in [2.05, 4.69) is 0 Å². The van der Waals surface area contributed by atoms with Crippen LogP contribution in [0.2, 0.25) is 0 Å². The summed E-state index contributed by atoms with van der Waals surface area (Å²) in [6.07, 6.45) is -5.62. The quantitative estimate of drug-likeness (QED) is 0.456. The summed E-state index contributed by atoms with van der Waals surface area (Å²) < 4.78 is 45.0. The summed E-state index contributed by atoms with van der Waals surface area (Å²) in [5, 5.41) is 20.7. The van der Waals surface area contributed by atoms with E-state index in [0.29, 0.717) is 0 Å². The average Bonchev–Trinajstić information content (AvgIpc) is 3.06. The van der Waals surface area contributed by atoms with Crippen LogP contribution >= 0.6 is 18.8 Å². The number of hydrogen-bond donors (Lipinski definition) is 2. The molecule has 2 aromatic rings. The van der Waals surface area contributed by atoms with E-state index in [4.69, 9.17) is 68.2 Å². The molecule has 12 atom stereocenters. The molecule has 2 aromatic carbocycles. The fourth-order valence-corrected chi connectivity index (χ4v) is 5.66. The van der Waals surface area contributed by atoms with Crippen LogP contribution in [-0.4, -0.2) is 98.9 Å². The van der Waals surface area contributed by atoms with Gasteiger partial charge in [0.25, 0.3) is 0 Å². The van der Waals surface area contributed by atoms with Crippen molar-refractivity contribution in [2.75, 3.05) is 27.4 Å². The molecule has 4 aliphatic rings. The number of methoxy groups -OCH3 is 2. The number of nitrogens with one attached hydrogen (secondary N) is 2. The van der Waals surface area contributed by atoms with Crippen LogP contribution in [0.4, 0.5) is 0 Å². The molecule has 254 valence electrons. The molecule has 4 saturated heterocycles. The van der Waals surface area contributed by atoms with Crippen LogP contribution < -0.4 is 0 Å². The van der Waals surface area contributed by atoms with Crippen molar-refractivity contribution in [1.29, 1.82) is 0 Å². The molecule has 0 saturated carbocycles. The van der Waals surface area contributed by atoms with Crippen molar-refractivity contribution >= 4 is 18.8 Å². The monoisotopic (exact) mass is 853 g/mol. The van der Waals surface area contributed by atoms with Gasteiger partial charge in [0.15, 0.2) is 11.6 Å². The van der Waals surface area contributed by atoms with Gasteiger partial charge in [0.05, 0.1) is 25.4 Å². The van der Waals surface area contributed by atoms with Gasteiger partial charge >= 0.3 is 35.3 Å². The van der Waals surface area contributed by atoms with Crippen molar-refractivity contribution in [3.8, 4) is 0 Å². The van der Waals surface area contributed by atoms with E-state index in [0.717, 1.165) is 11.1 Å². The number of fused-ring (bicyclic) bond motifs is 2. The second-order valence-corrected chi connectivity index (χ2v) is 14.3. The number of benzene rings is 2. The van der Waals surface area contributed by atoms with Gasteiger partial charge in [0.2, 0.25) is 0 Å². The van der Waals surface area contributed by atoms with E-state index in [-0.39, 0.29) is 13.2 Å². The predicted octanol–water partition coefficient (Wildman–Crippen LogP) is 4.23. The second-order valence-electron chi connectivity index (χ2n) is 11.0. The molecule has 45 heavy (non-hydrogen) atoms. The Bertz CT molecular complexity index is 1090. The van der Waals surface area contributed by atoms with Gasteiger partial charge < -0.3 is 59.6 Å². The van der Waals surface area contributed by atoms with Gasteiger partial charge in [0, 0.05) is 25.3 Å². The van der Waals surface area contributed by atoms with Crippen LogP contribution in [0.15, 0.2) is 60.7 Å². The number of aliphatic hydroxyl groups is 2. The van der Waals surface area contributed by atoms with E-state index < -0.39 is 89.3 Å². The van der Waals surface area contributed by atoms with Gasteiger partial charge in [-0.15, -0.1) is 0 Å². The minimum atomic E-state index is -0.986. The molecule has 0 amide bonds. The fraction of sp³-hybridized carbons (Fsp3) is 0.600. The Labute approximate surface area is 279 Å². The van der Waals surface area contributed by atoms with Crippen molar-refractivity contribution in [1.82, 2.24) is 0 Å². The molecule has 4 fully saturated rings. The Morgan fingerprint density at radius 1 is 0.711 bits per heavy atom. The normalized spacial score (nSPS) is 40.9. The van der Waals surface area contributed by atoms with E-state index >= 15 is 0 Å². The average molecular weight is 855 g/mol. The van der Waals surface area contributed by atoms with Gasteiger partial charge in [-0.1, -0.05) is 72.7 Å². The first-order valence-corrected chi connectivity index (χ1v) is 19.9. The van der Waals surface area contributed by atoms with Crippen LogP contribution in [0.25, 0.3) is 11.5 Å². The minimum absolute atomic E-state index is 0.277. The van der Waals surface area contributed by atoms with E-state index in [1.165, 1.54) is 14.2 Å². The van der Waals surface area contributed by atoms with Crippen molar-refractivity contribution in [2.45, 2.75) is 86.7 Å². The van der Waals surface area contributed by atoms with Crippen LogP contribution in [0.5, 0.6) is 0 Å². The number of ether oxygens (including phenoxy) is 8. The maximum absolute atomic E-state index is 10.3. The van der Waals surface area contributed by atoms with Gasteiger partial charge in [-0.25, -0.2) is 0 Å². The van der Waals surface area contributed by atoms with Crippen molar-refractivity contribution in [2.24, 2.45) is 0 Å². The summed E-state index contributed by atoms with van der Waals surface area (Å²) in [5.74, 6) is -1.90. The SMILES string of the molecule is COC1OC2COC(C)(c3ccccc3)OC2C(O)C1[NH-].COC1OC2COC(C)(c3ccccc3)OC2C(O)C1[NH-].[Cl][Pt+2][Cl]. The zero-order valence-electron chi connectivity index (χ0n) is 25.2. The molecular formula is C30H40Cl2N2O10Pt. The molecular weight excluding hydrogens is 814 g/mol. The van der Waals surface area contributed by atoms with Crippen molar-refractivity contribution in [3.05, 3.63) is 83.3 Å². The molecule has 4 heterocycles. The van der Waals surface area contributed by atoms with Gasteiger partial charge in [-0.05, 0) is 13.8 Å². The molecule has 0 aromatic heterocycles. The van der Waals surface area contributed by atoms with E-state index in [1.807, 2.05) is 74.5 Å². The molecule has 4 aliphatic heterocycles. The van der Waals surface area contributed by atoms with E-state index in [1.54, 1.807) is 0 Å². The van der Waals surface area contributed by atoms with Crippen molar-refractivity contribution in [3.63, 3.8) is 0 Å². The predicted molar refractivity (Wildman–Crippen MR) is 161 cm³/mol. The molecule has 0 aliphatic carbocycles. The Morgan fingerprint density at radius 2 is 1.04 bits per heavy atom. The topological polar surface area (TPSA) is 162 Å². The number of aliphatic hydroxyl groups excluding tert-OH is 2. The number of hydrogen-bond acceptors (Lipinski definition) is 10. The zero-order valence-corrected chi connectivity index (χ0v) is 29.0. The fourth-order valence-electron chi connectivity index (χ4n) is 5.66. The summed E-state index contributed by atoms with van der Waals surface area (Å²) >= 11 is -0.472. The number of rotatable bonds is 4. The standard InChI is InChI=1S/2C15H20NO5.2ClH.Pt/c2*1-15(9-6-4-3-5-7-9)19-8-10-13(21-15)12(17)11(16)14(18-2)20-10;;;/h2*3-7,10-14,16-17H,8H2,1-2H3;2*1H;/q2*-1;;;+4/p-2. The molecule has 12 unspecified atom stereocenters. The Balaban J connectivity index is 0.000000189. The van der Waals surface area contributed by atoms with E-state index in [9.17, 15) is 10.2 Å². The summed E-state index contributed by atoms with van der Waals surface area (Å²) in [6, 6.07) is 17.3. The van der Waals surface area contributed by atoms with Crippen LogP contribution in [0.3, 0.4) is 0 Å². The summed E-state index contributed by atoms with van der Waals surface area (Å²) in [5.41, 5.74) is 17.7. The van der Waals surface area contributed by atoms with Crippen LogP contribution in [0.1, 0.15) is 25.0 Å². The first-order valence-electron chi connectivity index (χ1n) is 14.2. The molecule has 4 N–H and O–H groups in total. The first kappa shape index (κ1) is 37.1. The van der Waals surface area contributed by atoms with Gasteiger partial charge in [0.1, 0.15) is 37.0 Å². The molecule has 0 bridgehead atoms. The summed E-state index contributed by atoms with van der Waals surface area (Å²) in [7, 11) is 12.7. The molecule has 0 radical (unpaired) electrons. The maximum atomic E-state index is 10.3. The van der Waals surface area contributed by atoms with Crippen molar-refractivity contribution < 1.29 is 64.6 Å². The third-order valence-electron chi connectivity index (χ3n) is 8.18. The van der Waals surface area contributed by atoms with Crippen LogP contribution in [0, 0.1) is 0 Å². The Kier molecular flexibility index (Phi) is 13.6. The first-order chi connectivity index (χ1) is 21.5. The molecule has 12 nitrogen and oxygen atoms in total. The second kappa shape index (κ2) is 16.6. The molecule has 6 rings (SSSR count). The van der Waals surface area contributed by atoms with Gasteiger partial charge in [-0.3, -0.25) is 0 Å². The number of halogens is 2.